The van der Waals surface area contributed by atoms with Crippen LogP contribution in [0.5, 0.6) is 0 Å². The molecular weight excluding hydrogens is 897 g/mol. The highest BCUT2D eigenvalue weighted by atomic mass is 16.3. The van der Waals surface area contributed by atoms with E-state index >= 15 is 0 Å². The van der Waals surface area contributed by atoms with E-state index in [-0.39, 0.29) is 0 Å². The van der Waals surface area contributed by atoms with E-state index in [9.17, 15) is 0 Å². The fourth-order valence-corrected chi connectivity index (χ4v) is 10.6. The molecule has 10 aromatic carbocycles. The van der Waals surface area contributed by atoms with Crippen LogP contribution in [0.25, 0.3) is 150 Å². The van der Waals surface area contributed by atoms with Crippen LogP contribution in [0.15, 0.2) is 232 Å². The molecule has 5 aromatic heterocycles. The van der Waals surface area contributed by atoms with Gasteiger partial charge in [-0.05, 0) is 89.0 Å². The van der Waals surface area contributed by atoms with E-state index < -0.39 is 0 Å². The van der Waals surface area contributed by atoms with Crippen molar-refractivity contribution in [3.8, 4) is 62.1 Å². The molecule has 0 aliphatic carbocycles. The average molecular weight is 941 g/mol. The van der Waals surface area contributed by atoms with Crippen molar-refractivity contribution in [2.24, 2.45) is 0 Å². The van der Waals surface area contributed by atoms with Crippen molar-refractivity contribution in [2.75, 3.05) is 0 Å². The van der Waals surface area contributed by atoms with Crippen molar-refractivity contribution < 1.29 is 13.3 Å². The first kappa shape index (κ1) is 42.3. The molecule has 0 unspecified atom stereocenters. The van der Waals surface area contributed by atoms with Gasteiger partial charge in [-0.1, -0.05) is 172 Å². The van der Waals surface area contributed by atoms with Gasteiger partial charge in [-0.15, -0.1) is 0 Å². The van der Waals surface area contributed by atoms with Gasteiger partial charge in [0.05, 0.1) is 11.0 Å². The van der Waals surface area contributed by atoms with Crippen LogP contribution in [0.3, 0.4) is 0 Å². The lowest BCUT2D eigenvalue weighted by Gasteiger charge is -2.15. The third-order valence-electron chi connectivity index (χ3n) is 13.9. The van der Waals surface area contributed by atoms with Crippen LogP contribution in [0.2, 0.25) is 0 Å². The van der Waals surface area contributed by atoms with E-state index in [1.54, 1.807) is 0 Å². The second kappa shape index (κ2) is 17.1. The molecule has 73 heavy (non-hydrogen) atoms. The standard InChI is InChI=1S/C63H36N4O3.C3H8/c1-2-14-37(15-3-1)42-33-51(39-17-12-16-38(32-39)43-22-13-23-50-47-21-7-11-27-56(47)70-60(43)50)59-52(34-42)44-18-4-8-24-53(44)67(59)63-65-61(40-28-30-48-45-19-5-9-25-54(45)68-57(48)35-40)64-62(66-63)41-29-31-49-46-20-6-10-26-55(46)69-58(49)36-41;1-3-2/h1-36H;3H2,1-2H3. The van der Waals surface area contributed by atoms with E-state index in [0.717, 1.165) is 132 Å². The maximum absolute atomic E-state index is 6.58. The molecular formula is C66H44N4O3. The van der Waals surface area contributed by atoms with Gasteiger partial charge in [0.25, 0.3) is 0 Å². The van der Waals surface area contributed by atoms with Crippen molar-refractivity contribution in [3.63, 3.8) is 0 Å². The molecule has 0 aliphatic heterocycles. The monoisotopic (exact) mass is 940 g/mol. The van der Waals surface area contributed by atoms with Gasteiger partial charge in [-0.3, -0.25) is 4.57 Å². The molecule has 0 spiro atoms. The molecule has 0 fully saturated rings. The van der Waals surface area contributed by atoms with Crippen LogP contribution >= 0.6 is 0 Å². The Labute approximate surface area is 419 Å². The summed E-state index contributed by atoms with van der Waals surface area (Å²) in [5, 5.41) is 8.53. The Bertz CT molecular complexity index is 4500. The van der Waals surface area contributed by atoms with Crippen molar-refractivity contribution >= 4 is 87.6 Å². The summed E-state index contributed by atoms with van der Waals surface area (Å²) in [6.07, 6.45) is 1.25. The van der Waals surface area contributed by atoms with E-state index in [1.807, 2.05) is 60.7 Å². The van der Waals surface area contributed by atoms with E-state index in [4.69, 9.17) is 28.2 Å². The number of rotatable bonds is 6. The van der Waals surface area contributed by atoms with Crippen molar-refractivity contribution in [1.29, 1.82) is 0 Å². The zero-order chi connectivity index (χ0) is 48.6. The highest BCUT2D eigenvalue weighted by Crippen LogP contribution is 2.44. The largest absolute Gasteiger partial charge is 0.456 e. The zero-order valence-corrected chi connectivity index (χ0v) is 40.0. The first-order valence-electron chi connectivity index (χ1n) is 24.8. The molecule has 0 amide bonds. The molecule has 0 atom stereocenters. The van der Waals surface area contributed by atoms with Crippen molar-refractivity contribution in [2.45, 2.75) is 20.3 Å². The molecule has 15 rings (SSSR count). The van der Waals surface area contributed by atoms with E-state index in [1.165, 1.54) is 6.42 Å². The number of benzene rings is 10. The van der Waals surface area contributed by atoms with E-state index in [2.05, 4.69) is 176 Å². The molecule has 346 valence electrons. The van der Waals surface area contributed by atoms with Gasteiger partial charge >= 0.3 is 0 Å². The lowest BCUT2D eigenvalue weighted by atomic mass is 9.93. The lowest BCUT2D eigenvalue weighted by Crippen LogP contribution is -2.07. The zero-order valence-electron chi connectivity index (χ0n) is 40.0. The first-order valence-corrected chi connectivity index (χ1v) is 24.8. The molecule has 0 saturated carbocycles. The summed E-state index contributed by atoms with van der Waals surface area (Å²) in [4.78, 5) is 16.1. The number of hydrogen-bond acceptors (Lipinski definition) is 6. The second-order valence-electron chi connectivity index (χ2n) is 18.6. The van der Waals surface area contributed by atoms with Gasteiger partial charge in [-0.25, -0.2) is 4.98 Å². The number of nitrogens with zero attached hydrogens (tertiary/aromatic N) is 4. The Hall–Kier alpha value is -9.59. The molecule has 0 saturated heterocycles. The Morgan fingerprint density at radius 3 is 1.47 bits per heavy atom. The normalized spacial score (nSPS) is 11.8. The van der Waals surface area contributed by atoms with Gasteiger partial charge in [-0.2, -0.15) is 9.97 Å². The SMILES string of the molecule is CCC.c1ccc(-c2cc(-c3cccc(-c4cccc5c4oc4ccccc45)c3)c3c(c2)c2ccccc2n3-c2nc(-c3ccc4c(c3)oc3ccccc34)nc(-c3ccc4c(c3)oc3ccccc34)n2)cc1. The summed E-state index contributed by atoms with van der Waals surface area (Å²) in [6, 6.07) is 75.8. The van der Waals surface area contributed by atoms with Gasteiger partial charge in [0.1, 0.15) is 33.5 Å². The summed E-state index contributed by atoms with van der Waals surface area (Å²) in [5.74, 6) is 1.51. The Morgan fingerprint density at radius 1 is 0.329 bits per heavy atom. The summed E-state index contributed by atoms with van der Waals surface area (Å²) >= 11 is 0. The molecule has 0 radical (unpaired) electrons. The third-order valence-corrected chi connectivity index (χ3v) is 13.9. The Kier molecular flexibility index (Phi) is 9.89. The topological polar surface area (TPSA) is 83.0 Å². The molecule has 5 heterocycles. The van der Waals surface area contributed by atoms with Gasteiger partial charge in [0, 0.05) is 65.3 Å². The Morgan fingerprint density at radius 2 is 0.822 bits per heavy atom. The minimum Gasteiger partial charge on any atom is -0.456 e. The maximum atomic E-state index is 6.58. The lowest BCUT2D eigenvalue weighted by molar-refractivity contribution is 0.668. The predicted octanol–water partition coefficient (Wildman–Crippen LogP) is 18.4. The fourth-order valence-electron chi connectivity index (χ4n) is 10.6. The van der Waals surface area contributed by atoms with Gasteiger partial charge < -0.3 is 13.3 Å². The molecule has 7 heteroatoms. The average Bonchev–Trinajstić information content (AvgIpc) is 4.22. The smallest absolute Gasteiger partial charge is 0.238 e. The number of fused-ring (bicyclic) bond motifs is 12. The summed E-state index contributed by atoms with van der Waals surface area (Å²) in [6.45, 7) is 4.25. The van der Waals surface area contributed by atoms with Crippen LogP contribution in [0.1, 0.15) is 20.3 Å². The number of furan rings is 3. The summed E-state index contributed by atoms with van der Waals surface area (Å²) < 4.78 is 21.6. The molecule has 0 aliphatic rings. The van der Waals surface area contributed by atoms with Crippen LogP contribution in [-0.2, 0) is 0 Å². The third kappa shape index (κ3) is 7.00. The molecule has 15 aromatic rings. The van der Waals surface area contributed by atoms with Crippen LogP contribution in [-0.4, -0.2) is 19.5 Å². The van der Waals surface area contributed by atoms with Gasteiger partial charge in [0.2, 0.25) is 5.95 Å². The highest BCUT2D eigenvalue weighted by molar-refractivity contribution is 6.16. The molecule has 7 nitrogen and oxygen atoms in total. The Balaban J connectivity index is 0.00000161. The van der Waals surface area contributed by atoms with Crippen molar-refractivity contribution in [1.82, 2.24) is 19.5 Å². The summed E-state index contributed by atoms with van der Waals surface area (Å²) in [7, 11) is 0. The molecule has 0 bridgehead atoms. The fraction of sp³-hybridized carbons (Fsp3) is 0.0455. The predicted molar refractivity (Wildman–Crippen MR) is 299 cm³/mol. The number of aromatic nitrogens is 4. The summed E-state index contributed by atoms with van der Waals surface area (Å²) in [5.41, 5.74) is 14.8. The van der Waals surface area contributed by atoms with Crippen LogP contribution in [0.4, 0.5) is 0 Å². The number of hydrogen-bond donors (Lipinski definition) is 0. The highest BCUT2D eigenvalue weighted by Gasteiger charge is 2.24. The molecule has 0 N–H and O–H groups in total. The first-order chi connectivity index (χ1) is 36.1. The van der Waals surface area contributed by atoms with Crippen LogP contribution in [0, 0.1) is 0 Å². The van der Waals surface area contributed by atoms with Crippen molar-refractivity contribution in [3.05, 3.63) is 218 Å². The quantitative estimate of drug-likeness (QED) is 0.165. The second-order valence-corrected chi connectivity index (χ2v) is 18.6. The van der Waals surface area contributed by atoms with Crippen LogP contribution < -0.4 is 0 Å². The minimum atomic E-state index is 0.484. The van der Waals surface area contributed by atoms with Gasteiger partial charge in [0.15, 0.2) is 11.6 Å². The maximum Gasteiger partial charge on any atom is 0.238 e. The minimum absolute atomic E-state index is 0.484. The number of para-hydroxylation sites is 5. The van der Waals surface area contributed by atoms with E-state index in [0.29, 0.717) is 17.6 Å².